The first-order valence-corrected chi connectivity index (χ1v) is 7.95. The van der Waals surface area contributed by atoms with E-state index in [-0.39, 0.29) is 17.9 Å². The lowest BCUT2D eigenvalue weighted by atomic mass is 9.95. The SMILES string of the molecule is Cc1nn(C)c(C)c1CC(C)C(=O)N1CCCCC1CN. The molecule has 2 atom stereocenters. The van der Waals surface area contributed by atoms with Crippen LogP contribution in [-0.2, 0) is 18.3 Å². The molecule has 2 rings (SSSR count). The topological polar surface area (TPSA) is 64.2 Å². The van der Waals surface area contributed by atoms with Gasteiger partial charge in [0.1, 0.15) is 0 Å². The van der Waals surface area contributed by atoms with Crippen LogP contribution < -0.4 is 5.73 Å². The van der Waals surface area contributed by atoms with Crippen LogP contribution in [0.4, 0.5) is 0 Å². The lowest BCUT2D eigenvalue weighted by Crippen LogP contribution is -2.49. The molecule has 2 unspecified atom stereocenters. The van der Waals surface area contributed by atoms with Gasteiger partial charge in [-0.05, 0) is 45.1 Å². The van der Waals surface area contributed by atoms with Crippen molar-refractivity contribution < 1.29 is 4.79 Å². The van der Waals surface area contributed by atoms with E-state index in [4.69, 9.17) is 5.73 Å². The first kappa shape index (κ1) is 16.0. The van der Waals surface area contributed by atoms with E-state index in [9.17, 15) is 4.79 Å². The summed E-state index contributed by atoms with van der Waals surface area (Å²) in [6.07, 6.45) is 4.08. The number of hydrogen-bond donors (Lipinski definition) is 1. The molecule has 21 heavy (non-hydrogen) atoms. The van der Waals surface area contributed by atoms with Crippen molar-refractivity contribution >= 4 is 5.91 Å². The Hall–Kier alpha value is -1.36. The van der Waals surface area contributed by atoms with Crippen molar-refractivity contribution in [1.29, 1.82) is 0 Å². The predicted octanol–water partition coefficient (Wildman–Crippen LogP) is 1.56. The number of carbonyl (C=O) groups excluding carboxylic acids is 1. The summed E-state index contributed by atoms with van der Waals surface area (Å²) in [4.78, 5) is 14.8. The highest BCUT2D eigenvalue weighted by molar-refractivity contribution is 5.79. The molecule has 118 valence electrons. The fourth-order valence-electron chi connectivity index (χ4n) is 3.33. The van der Waals surface area contributed by atoms with Crippen LogP contribution in [0.2, 0.25) is 0 Å². The summed E-state index contributed by atoms with van der Waals surface area (Å²) < 4.78 is 1.89. The van der Waals surface area contributed by atoms with Crippen molar-refractivity contribution in [3.05, 3.63) is 17.0 Å². The van der Waals surface area contributed by atoms with Gasteiger partial charge >= 0.3 is 0 Å². The Morgan fingerprint density at radius 1 is 1.43 bits per heavy atom. The number of likely N-dealkylation sites (tertiary alicyclic amines) is 1. The number of amides is 1. The number of carbonyl (C=O) groups is 1. The van der Waals surface area contributed by atoms with E-state index in [1.165, 1.54) is 12.0 Å². The van der Waals surface area contributed by atoms with Gasteiger partial charge in [-0.15, -0.1) is 0 Å². The smallest absolute Gasteiger partial charge is 0.226 e. The van der Waals surface area contributed by atoms with E-state index < -0.39 is 0 Å². The molecule has 5 heteroatoms. The van der Waals surface area contributed by atoms with Crippen LogP contribution in [0.1, 0.15) is 43.1 Å². The second-order valence-corrected chi connectivity index (χ2v) is 6.30. The fourth-order valence-corrected chi connectivity index (χ4v) is 3.33. The zero-order chi connectivity index (χ0) is 15.6. The van der Waals surface area contributed by atoms with Gasteiger partial charge in [0.2, 0.25) is 5.91 Å². The van der Waals surface area contributed by atoms with Crippen molar-refractivity contribution in [2.24, 2.45) is 18.7 Å². The Morgan fingerprint density at radius 2 is 2.14 bits per heavy atom. The third kappa shape index (κ3) is 3.28. The Kier molecular flexibility index (Phi) is 5.04. The molecule has 0 spiro atoms. The van der Waals surface area contributed by atoms with E-state index in [0.29, 0.717) is 6.54 Å². The van der Waals surface area contributed by atoms with Crippen LogP contribution in [0, 0.1) is 19.8 Å². The molecule has 1 aromatic heterocycles. The molecule has 0 aliphatic carbocycles. The van der Waals surface area contributed by atoms with Gasteiger partial charge in [0.15, 0.2) is 0 Å². The lowest BCUT2D eigenvalue weighted by Gasteiger charge is -2.36. The molecule has 1 fully saturated rings. The Bertz CT molecular complexity index is 509. The summed E-state index contributed by atoms with van der Waals surface area (Å²) in [6.45, 7) is 7.54. The normalized spacial score (nSPS) is 20.6. The van der Waals surface area contributed by atoms with Crippen LogP contribution >= 0.6 is 0 Å². The maximum atomic E-state index is 12.7. The van der Waals surface area contributed by atoms with Crippen LogP contribution in [0.3, 0.4) is 0 Å². The van der Waals surface area contributed by atoms with Crippen molar-refractivity contribution in [2.75, 3.05) is 13.1 Å². The van der Waals surface area contributed by atoms with Crippen LogP contribution in [0.5, 0.6) is 0 Å². The lowest BCUT2D eigenvalue weighted by molar-refractivity contribution is -0.138. The number of aryl methyl sites for hydroxylation is 2. The highest BCUT2D eigenvalue weighted by Gasteiger charge is 2.29. The van der Waals surface area contributed by atoms with Gasteiger partial charge in [-0.25, -0.2) is 0 Å². The van der Waals surface area contributed by atoms with Gasteiger partial charge in [-0.3, -0.25) is 9.48 Å². The van der Waals surface area contributed by atoms with Crippen LogP contribution in [0.15, 0.2) is 0 Å². The van der Waals surface area contributed by atoms with Gasteiger partial charge in [0, 0.05) is 37.8 Å². The van der Waals surface area contributed by atoms with Gasteiger partial charge in [0.25, 0.3) is 0 Å². The zero-order valence-electron chi connectivity index (χ0n) is 13.7. The number of rotatable bonds is 4. The van der Waals surface area contributed by atoms with Gasteiger partial charge < -0.3 is 10.6 Å². The van der Waals surface area contributed by atoms with Gasteiger partial charge in [-0.1, -0.05) is 6.92 Å². The first-order chi connectivity index (χ1) is 9.95. The number of hydrogen-bond acceptors (Lipinski definition) is 3. The second kappa shape index (κ2) is 6.60. The molecule has 0 radical (unpaired) electrons. The number of aromatic nitrogens is 2. The molecule has 0 bridgehead atoms. The highest BCUT2D eigenvalue weighted by atomic mass is 16.2. The molecule has 2 heterocycles. The summed E-state index contributed by atoms with van der Waals surface area (Å²) in [5.41, 5.74) is 9.22. The van der Waals surface area contributed by atoms with E-state index in [2.05, 4.69) is 12.0 Å². The third-order valence-corrected chi connectivity index (χ3v) is 4.77. The van der Waals surface area contributed by atoms with Crippen molar-refractivity contribution in [3.63, 3.8) is 0 Å². The molecule has 1 aliphatic rings. The molecular formula is C16H28N4O. The maximum absolute atomic E-state index is 12.7. The summed E-state index contributed by atoms with van der Waals surface area (Å²) >= 11 is 0. The Morgan fingerprint density at radius 3 is 2.71 bits per heavy atom. The van der Waals surface area contributed by atoms with E-state index >= 15 is 0 Å². The second-order valence-electron chi connectivity index (χ2n) is 6.30. The molecular weight excluding hydrogens is 264 g/mol. The Labute approximate surface area is 127 Å². The summed E-state index contributed by atoms with van der Waals surface area (Å²) in [6, 6.07) is 0.227. The monoisotopic (exact) mass is 292 g/mol. The van der Waals surface area contributed by atoms with Crippen molar-refractivity contribution in [3.8, 4) is 0 Å². The van der Waals surface area contributed by atoms with Crippen molar-refractivity contribution in [2.45, 2.75) is 52.5 Å². The van der Waals surface area contributed by atoms with E-state index in [1.807, 2.05) is 30.5 Å². The average Bonchev–Trinajstić information content (AvgIpc) is 2.72. The summed E-state index contributed by atoms with van der Waals surface area (Å²) in [7, 11) is 1.95. The van der Waals surface area contributed by atoms with E-state index in [0.717, 1.165) is 37.2 Å². The Balaban J connectivity index is 2.08. The molecule has 2 N–H and O–H groups in total. The minimum Gasteiger partial charge on any atom is -0.338 e. The standard InChI is InChI=1S/C16H28N4O/c1-11(9-15-12(2)18-19(4)13(15)3)16(21)20-8-6-5-7-14(20)10-17/h11,14H,5-10,17H2,1-4H3. The van der Waals surface area contributed by atoms with Crippen LogP contribution in [0.25, 0.3) is 0 Å². The first-order valence-electron chi connectivity index (χ1n) is 7.95. The molecule has 1 amide bonds. The summed E-state index contributed by atoms with van der Waals surface area (Å²) in [5.74, 6) is 0.228. The molecule has 1 saturated heterocycles. The number of nitrogens with zero attached hydrogens (tertiary/aromatic N) is 3. The molecule has 0 saturated carbocycles. The fraction of sp³-hybridized carbons (Fsp3) is 0.750. The number of piperidine rings is 1. The molecule has 0 aromatic carbocycles. The van der Waals surface area contributed by atoms with Crippen LogP contribution in [-0.4, -0.2) is 39.7 Å². The molecule has 1 aromatic rings. The van der Waals surface area contributed by atoms with Gasteiger partial charge in [-0.2, -0.15) is 5.10 Å². The zero-order valence-corrected chi connectivity index (χ0v) is 13.7. The summed E-state index contributed by atoms with van der Waals surface area (Å²) in [5, 5.41) is 4.44. The average molecular weight is 292 g/mol. The minimum absolute atomic E-state index is 0.0150. The van der Waals surface area contributed by atoms with Gasteiger partial charge in [0.05, 0.1) is 5.69 Å². The molecule has 1 aliphatic heterocycles. The molecule has 5 nitrogen and oxygen atoms in total. The largest absolute Gasteiger partial charge is 0.338 e. The number of nitrogens with two attached hydrogens (primary N) is 1. The van der Waals surface area contributed by atoms with E-state index in [1.54, 1.807) is 0 Å². The quantitative estimate of drug-likeness (QED) is 0.916. The highest BCUT2D eigenvalue weighted by Crippen LogP contribution is 2.22. The minimum atomic E-state index is -0.0150. The predicted molar refractivity (Wildman–Crippen MR) is 84.0 cm³/mol. The maximum Gasteiger partial charge on any atom is 0.226 e. The third-order valence-electron chi connectivity index (χ3n) is 4.77. The van der Waals surface area contributed by atoms with Crippen molar-refractivity contribution in [1.82, 2.24) is 14.7 Å².